The van der Waals surface area contributed by atoms with Gasteiger partial charge < -0.3 is 19.1 Å². The highest BCUT2D eigenvalue weighted by Crippen LogP contribution is 2.36. The van der Waals surface area contributed by atoms with E-state index in [0.717, 1.165) is 33.5 Å². The SMILES string of the molecule is COc1ccc(OCCN2C(=O)COc3ccc(-c4csc(C)n4)cc32)cc1. The number of thiazole rings is 1. The molecule has 3 aromatic rings. The second-order valence-corrected chi connectivity index (χ2v) is 7.35. The molecular weight excluding hydrogens is 376 g/mol. The number of anilines is 1. The molecule has 0 N–H and O–H groups in total. The summed E-state index contributed by atoms with van der Waals surface area (Å²) in [4.78, 5) is 18.7. The van der Waals surface area contributed by atoms with Crippen molar-refractivity contribution < 1.29 is 19.0 Å². The van der Waals surface area contributed by atoms with Crippen molar-refractivity contribution in [3.05, 3.63) is 52.9 Å². The van der Waals surface area contributed by atoms with E-state index < -0.39 is 0 Å². The second-order valence-electron chi connectivity index (χ2n) is 6.29. The molecule has 0 saturated heterocycles. The van der Waals surface area contributed by atoms with Crippen LogP contribution in [0, 0.1) is 6.92 Å². The van der Waals surface area contributed by atoms with Gasteiger partial charge in [-0.25, -0.2) is 4.98 Å². The van der Waals surface area contributed by atoms with E-state index in [1.54, 1.807) is 23.3 Å². The molecule has 144 valence electrons. The number of aromatic nitrogens is 1. The first-order chi connectivity index (χ1) is 13.6. The monoisotopic (exact) mass is 396 g/mol. The van der Waals surface area contributed by atoms with Crippen LogP contribution in [0.25, 0.3) is 11.3 Å². The maximum absolute atomic E-state index is 12.5. The van der Waals surface area contributed by atoms with Crippen molar-refractivity contribution in [1.29, 1.82) is 0 Å². The van der Waals surface area contributed by atoms with Gasteiger partial charge in [0.1, 0.15) is 23.9 Å². The van der Waals surface area contributed by atoms with Crippen molar-refractivity contribution in [3.63, 3.8) is 0 Å². The predicted molar refractivity (Wildman–Crippen MR) is 109 cm³/mol. The van der Waals surface area contributed by atoms with Gasteiger partial charge in [-0.05, 0) is 49.4 Å². The first-order valence-electron chi connectivity index (χ1n) is 8.90. The average Bonchev–Trinajstić information content (AvgIpc) is 3.16. The zero-order valence-electron chi connectivity index (χ0n) is 15.7. The smallest absolute Gasteiger partial charge is 0.265 e. The van der Waals surface area contributed by atoms with Crippen molar-refractivity contribution in [1.82, 2.24) is 4.98 Å². The number of hydrogen-bond acceptors (Lipinski definition) is 6. The summed E-state index contributed by atoms with van der Waals surface area (Å²) in [6.45, 7) is 2.81. The van der Waals surface area contributed by atoms with Crippen molar-refractivity contribution in [2.75, 3.05) is 31.8 Å². The fraction of sp³-hybridized carbons (Fsp3) is 0.238. The standard InChI is InChI=1S/C21H20N2O4S/c1-14-22-18(13-28-14)15-3-8-20-19(11-15)23(21(24)12-27-20)9-10-26-17-6-4-16(25-2)5-7-17/h3-8,11,13H,9-10,12H2,1-2H3. The van der Waals surface area contributed by atoms with Gasteiger partial charge in [-0.2, -0.15) is 0 Å². The van der Waals surface area contributed by atoms with Crippen LogP contribution in [0.3, 0.4) is 0 Å². The van der Waals surface area contributed by atoms with Crippen LogP contribution in [-0.4, -0.2) is 37.8 Å². The summed E-state index contributed by atoms with van der Waals surface area (Å²) in [6, 6.07) is 13.2. The number of carbonyl (C=O) groups is 1. The zero-order valence-corrected chi connectivity index (χ0v) is 16.5. The Morgan fingerprint density at radius 3 is 2.68 bits per heavy atom. The summed E-state index contributed by atoms with van der Waals surface area (Å²) in [5, 5.41) is 3.02. The Labute approximate surface area is 167 Å². The molecule has 1 aromatic heterocycles. The number of fused-ring (bicyclic) bond motifs is 1. The van der Waals surface area contributed by atoms with Crippen molar-refractivity contribution in [2.24, 2.45) is 0 Å². The third kappa shape index (κ3) is 3.80. The molecule has 0 unspecified atom stereocenters. The minimum absolute atomic E-state index is 0.0324. The Hall–Kier alpha value is -3.06. The van der Waals surface area contributed by atoms with E-state index in [2.05, 4.69) is 4.98 Å². The fourth-order valence-corrected chi connectivity index (χ4v) is 3.65. The van der Waals surface area contributed by atoms with Gasteiger partial charge in [0, 0.05) is 10.9 Å². The zero-order chi connectivity index (χ0) is 19.5. The lowest BCUT2D eigenvalue weighted by atomic mass is 10.1. The summed E-state index contributed by atoms with van der Waals surface area (Å²) in [6.07, 6.45) is 0. The third-order valence-corrected chi connectivity index (χ3v) is 5.23. The van der Waals surface area contributed by atoms with Gasteiger partial charge in [0.25, 0.3) is 5.91 Å². The molecule has 7 heteroatoms. The molecule has 4 rings (SSSR count). The molecule has 1 amide bonds. The number of ether oxygens (including phenoxy) is 3. The van der Waals surface area contributed by atoms with Crippen LogP contribution >= 0.6 is 11.3 Å². The number of nitrogens with zero attached hydrogens (tertiary/aromatic N) is 2. The number of carbonyl (C=O) groups excluding carboxylic acids is 1. The molecule has 2 aromatic carbocycles. The quantitative estimate of drug-likeness (QED) is 0.632. The van der Waals surface area contributed by atoms with E-state index in [-0.39, 0.29) is 12.5 Å². The molecule has 0 radical (unpaired) electrons. The molecule has 0 fully saturated rings. The Morgan fingerprint density at radius 1 is 1.18 bits per heavy atom. The number of hydrogen-bond donors (Lipinski definition) is 0. The lowest BCUT2D eigenvalue weighted by Crippen LogP contribution is -2.41. The number of rotatable bonds is 6. The van der Waals surface area contributed by atoms with Crippen LogP contribution in [0.15, 0.2) is 47.8 Å². The van der Waals surface area contributed by atoms with Crippen LogP contribution < -0.4 is 19.1 Å². The van der Waals surface area contributed by atoms with E-state index in [0.29, 0.717) is 18.9 Å². The molecule has 0 aliphatic carbocycles. The van der Waals surface area contributed by atoms with Crippen LogP contribution in [0.2, 0.25) is 0 Å². The van der Waals surface area contributed by atoms with E-state index in [9.17, 15) is 4.79 Å². The highest BCUT2D eigenvalue weighted by Gasteiger charge is 2.26. The molecule has 0 saturated carbocycles. The molecule has 6 nitrogen and oxygen atoms in total. The van der Waals surface area contributed by atoms with E-state index in [4.69, 9.17) is 14.2 Å². The van der Waals surface area contributed by atoms with E-state index in [1.807, 2.05) is 54.8 Å². The summed E-state index contributed by atoms with van der Waals surface area (Å²) >= 11 is 1.60. The van der Waals surface area contributed by atoms with Gasteiger partial charge in [-0.3, -0.25) is 4.79 Å². The Morgan fingerprint density at radius 2 is 1.96 bits per heavy atom. The second kappa shape index (κ2) is 7.90. The molecule has 1 aliphatic rings. The highest BCUT2D eigenvalue weighted by molar-refractivity contribution is 7.09. The predicted octanol–water partition coefficient (Wildman–Crippen LogP) is 3.93. The average molecular weight is 396 g/mol. The maximum atomic E-state index is 12.5. The molecule has 2 heterocycles. The molecule has 1 aliphatic heterocycles. The Bertz CT molecular complexity index is 984. The van der Waals surface area contributed by atoms with Gasteiger partial charge in [0.2, 0.25) is 0 Å². The normalized spacial score (nSPS) is 13.1. The summed E-state index contributed by atoms with van der Waals surface area (Å²) in [7, 11) is 1.62. The number of methoxy groups -OCH3 is 1. The first-order valence-corrected chi connectivity index (χ1v) is 9.78. The summed E-state index contributed by atoms with van der Waals surface area (Å²) in [5.74, 6) is 2.11. The first kappa shape index (κ1) is 18.3. The van der Waals surface area contributed by atoms with Crippen molar-refractivity contribution in [2.45, 2.75) is 6.92 Å². The van der Waals surface area contributed by atoms with Gasteiger partial charge in [-0.1, -0.05) is 0 Å². The highest BCUT2D eigenvalue weighted by atomic mass is 32.1. The molecule has 28 heavy (non-hydrogen) atoms. The molecule has 0 bridgehead atoms. The Kier molecular flexibility index (Phi) is 5.16. The summed E-state index contributed by atoms with van der Waals surface area (Å²) in [5.41, 5.74) is 2.61. The van der Waals surface area contributed by atoms with Crippen LogP contribution in [0.4, 0.5) is 5.69 Å². The number of benzene rings is 2. The van der Waals surface area contributed by atoms with Gasteiger partial charge >= 0.3 is 0 Å². The third-order valence-electron chi connectivity index (χ3n) is 4.46. The fourth-order valence-electron chi connectivity index (χ4n) is 3.03. The summed E-state index contributed by atoms with van der Waals surface area (Å²) < 4.78 is 16.5. The van der Waals surface area contributed by atoms with Gasteiger partial charge in [0.05, 0.1) is 30.0 Å². The Balaban J connectivity index is 1.50. The number of aryl methyl sites for hydroxylation is 1. The molecule has 0 spiro atoms. The minimum atomic E-state index is -0.0857. The largest absolute Gasteiger partial charge is 0.497 e. The van der Waals surface area contributed by atoms with Crippen molar-refractivity contribution >= 4 is 22.9 Å². The topological polar surface area (TPSA) is 60.9 Å². The van der Waals surface area contributed by atoms with E-state index >= 15 is 0 Å². The maximum Gasteiger partial charge on any atom is 0.265 e. The molecular formula is C21H20N2O4S. The van der Waals surface area contributed by atoms with Gasteiger partial charge in [-0.15, -0.1) is 11.3 Å². The minimum Gasteiger partial charge on any atom is -0.497 e. The lowest BCUT2D eigenvalue weighted by molar-refractivity contribution is -0.121. The van der Waals surface area contributed by atoms with E-state index in [1.165, 1.54) is 0 Å². The lowest BCUT2D eigenvalue weighted by Gasteiger charge is -2.29. The van der Waals surface area contributed by atoms with Crippen LogP contribution in [0.1, 0.15) is 5.01 Å². The number of amides is 1. The van der Waals surface area contributed by atoms with Crippen molar-refractivity contribution in [3.8, 4) is 28.5 Å². The van der Waals surface area contributed by atoms with Crippen LogP contribution in [0.5, 0.6) is 17.2 Å². The van der Waals surface area contributed by atoms with Crippen LogP contribution in [-0.2, 0) is 4.79 Å². The molecule has 0 atom stereocenters. The van der Waals surface area contributed by atoms with Gasteiger partial charge in [0.15, 0.2) is 6.61 Å².